The second-order valence-corrected chi connectivity index (χ2v) is 2.12. The maximum atomic E-state index is 9.19. The minimum Gasteiger partial charge on any atom is -0.508 e. The van der Waals surface area contributed by atoms with Gasteiger partial charge < -0.3 is 5.11 Å². The number of phenolic OH excluding ortho intramolecular Hbond substituents is 1. The molecule has 1 aromatic carbocycles. The summed E-state index contributed by atoms with van der Waals surface area (Å²) in [6.07, 6.45) is 2.50. The summed E-state index contributed by atoms with van der Waals surface area (Å²) in [4.78, 5) is 0. The fourth-order valence-electron chi connectivity index (χ4n) is 0.839. The van der Waals surface area contributed by atoms with Crippen molar-refractivity contribution >= 4 is 0 Å². The van der Waals surface area contributed by atoms with Gasteiger partial charge in [-0.1, -0.05) is 24.3 Å². The topological polar surface area (TPSA) is 20.2 Å². The van der Waals surface area contributed by atoms with Gasteiger partial charge in [0, 0.05) is 0 Å². The summed E-state index contributed by atoms with van der Waals surface area (Å²) >= 11 is 0. The van der Waals surface area contributed by atoms with Crippen LogP contribution in [0.2, 0.25) is 0 Å². The summed E-state index contributed by atoms with van der Waals surface area (Å²) in [5, 5.41) is 9.19. The molecule has 0 saturated heterocycles. The van der Waals surface area contributed by atoms with Gasteiger partial charge in [0.05, 0.1) is 0 Å². The van der Waals surface area contributed by atoms with Crippen LogP contribution in [0.5, 0.6) is 5.75 Å². The molecule has 0 fully saturated rings. The van der Waals surface area contributed by atoms with Gasteiger partial charge in [0.25, 0.3) is 0 Å². The lowest BCUT2D eigenvalue weighted by Gasteiger charge is -1.97. The lowest BCUT2D eigenvalue weighted by Crippen LogP contribution is -1.79. The number of hydrogen-bond donors (Lipinski definition) is 1. The third-order valence-corrected chi connectivity index (χ3v) is 1.36. The molecule has 52 valence electrons. The van der Waals surface area contributed by atoms with Crippen molar-refractivity contribution in [1.82, 2.24) is 0 Å². The van der Waals surface area contributed by atoms with Gasteiger partial charge >= 0.3 is 0 Å². The quantitative estimate of drug-likeness (QED) is 0.616. The number of hydrogen-bond acceptors (Lipinski definition) is 1. The molecule has 0 amide bonds. The highest BCUT2D eigenvalue weighted by Crippen LogP contribution is 2.15. The summed E-state index contributed by atoms with van der Waals surface area (Å²) in [5.41, 5.74) is 0.928. The molecule has 0 aliphatic heterocycles. The average Bonchev–Trinajstić information content (AvgIpc) is 1.94. The molecule has 1 N–H and O–H groups in total. The van der Waals surface area contributed by atoms with E-state index in [4.69, 9.17) is 0 Å². The standard InChI is InChI=1S/C9H10O/c1-2-5-8-6-3-4-7-9(8)10/h2-4,6-7,10H,1,5H2/i9+1. The second kappa shape index (κ2) is 3.06. The number of rotatable bonds is 2. The maximum Gasteiger partial charge on any atom is 0.119 e. The molecule has 1 nitrogen and oxygen atoms in total. The number of benzene rings is 1. The lowest BCUT2D eigenvalue weighted by atomic mass is 10.2. The zero-order valence-electron chi connectivity index (χ0n) is 5.75. The maximum absolute atomic E-state index is 9.19. The summed E-state index contributed by atoms with van der Waals surface area (Å²) in [5.74, 6) is 0.349. The Bertz CT molecular complexity index is 228. The number of phenols is 1. The van der Waals surface area contributed by atoms with Crippen molar-refractivity contribution in [2.45, 2.75) is 6.42 Å². The third kappa shape index (κ3) is 1.38. The van der Waals surface area contributed by atoms with E-state index in [9.17, 15) is 5.11 Å². The van der Waals surface area contributed by atoms with Crippen molar-refractivity contribution in [3.05, 3.63) is 42.5 Å². The molecule has 10 heavy (non-hydrogen) atoms. The number of aromatic hydroxyl groups is 1. The van der Waals surface area contributed by atoms with Crippen LogP contribution in [-0.2, 0) is 6.42 Å². The fraction of sp³-hybridized carbons (Fsp3) is 0.111. The average molecular weight is 135 g/mol. The second-order valence-electron chi connectivity index (χ2n) is 2.12. The first-order chi connectivity index (χ1) is 4.84. The molecule has 0 spiro atoms. The van der Waals surface area contributed by atoms with Crippen molar-refractivity contribution in [3.8, 4) is 5.75 Å². The monoisotopic (exact) mass is 135 g/mol. The SMILES string of the molecule is C=CCc1cccc[13c]1O. The highest BCUT2D eigenvalue weighted by Gasteiger charge is 1.93. The van der Waals surface area contributed by atoms with Crippen LogP contribution < -0.4 is 0 Å². The van der Waals surface area contributed by atoms with E-state index in [1.165, 1.54) is 0 Å². The molecule has 0 aliphatic carbocycles. The molecule has 0 aromatic heterocycles. The smallest absolute Gasteiger partial charge is 0.119 e. The molecule has 0 atom stereocenters. The van der Waals surface area contributed by atoms with Crippen molar-refractivity contribution in [2.24, 2.45) is 0 Å². The van der Waals surface area contributed by atoms with Crippen LogP contribution in [0.4, 0.5) is 0 Å². The van der Waals surface area contributed by atoms with E-state index in [2.05, 4.69) is 6.58 Å². The Balaban J connectivity index is 2.91. The van der Waals surface area contributed by atoms with Gasteiger partial charge in [0.2, 0.25) is 0 Å². The molecule has 1 rings (SSSR count). The van der Waals surface area contributed by atoms with Crippen LogP contribution in [0.25, 0.3) is 0 Å². The molecule has 0 saturated carbocycles. The van der Waals surface area contributed by atoms with Gasteiger partial charge in [0.1, 0.15) is 5.75 Å². The Morgan fingerprint density at radius 2 is 2.10 bits per heavy atom. The molecular weight excluding hydrogens is 125 g/mol. The highest BCUT2D eigenvalue weighted by atomic mass is 16.3. The summed E-state index contributed by atoms with van der Waals surface area (Å²) in [6, 6.07) is 7.27. The molecule has 1 heteroatoms. The molecule has 0 heterocycles. The molecule has 0 bridgehead atoms. The largest absolute Gasteiger partial charge is 0.508 e. The van der Waals surface area contributed by atoms with E-state index in [1.54, 1.807) is 12.1 Å². The number of allylic oxidation sites excluding steroid dienone is 1. The Morgan fingerprint density at radius 3 is 2.70 bits per heavy atom. The van der Waals surface area contributed by atoms with Gasteiger partial charge in [-0.3, -0.25) is 0 Å². The first-order valence-corrected chi connectivity index (χ1v) is 3.22. The molecule has 0 unspecified atom stereocenters. The minimum absolute atomic E-state index is 0.349. The van der Waals surface area contributed by atoms with Crippen LogP contribution in [0.1, 0.15) is 5.56 Å². The third-order valence-electron chi connectivity index (χ3n) is 1.36. The Hall–Kier alpha value is -1.24. The lowest BCUT2D eigenvalue weighted by molar-refractivity contribution is 0.470. The van der Waals surface area contributed by atoms with Crippen LogP contribution in [-0.4, -0.2) is 5.11 Å². The highest BCUT2D eigenvalue weighted by molar-refractivity contribution is 5.32. The first kappa shape index (κ1) is 6.87. The van der Waals surface area contributed by atoms with Gasteiger partial charge in [-0.25, -0.2) is 0 Å². The zero-order valence-corrected chi connectivity index (χ0v) is 5.75. The minimum atomic E-state index is 0.349. The van der Waals surface area contributed by atoms with Crippen molar-refractivity contribution in [2.75, 3.05) is 0 Å². The van der Waals surface area contributed by atoms with Gasteiger partial charge in [-0.2, -0.15) is 0 Å². The summed E-state index contributed by atoms with van der Waals surface area (Å²) in [6.45, 7) is 3.59. The van der Waals surface area contributed by atoms with E-state index in [0.717, 1.165) is 12.0 Å². The Morgan fingerprint density at radius 1 is 1.40 bits per heavy atom. The van der Waals surface area contributed by atoms with Gasteiger partial charge in [0.15, 0.2) is 0 Å². The van der Waals surface area contributed by atoms with Gasteiger partial charge in [-0.05, 0) is 18.1 Å². The zero-order chi connectivity index (χ0) is 7.40. The predicted molar refractivity (Wildman–Crippen MR) is 42.0 cm³/mol. The van der Waals surface area contributed by atoms with E-state index >= 15 is 0 Å². The van der Waals surface area contributed by atoms with Crippen LogP contribution in [0.3, 0.4) is 0 Å². The Kier molecular flexibility index (Phi) is 2.11. The van der Waals surface area contributed by atoms with Crippen molar-refractivity contribution in [3.63, 3.8) is 0 Å². The number of para-hydroxylation sites is 1. The first-order valence-electron chi connectivity index (χ1n) is 3.22. The molecular formula is C9H10O. The van der Waals surface area contributed by atoms with E-state index in [1.807, 2.05) is 18.2 Å². The van der Waals surface area contributed by atoms with Crippen LogP contribution in [0, 0.1) is 0 Å². The molecule has 1 aromatic rings. The van der Waals surface area contributed by atoms with Gasteiger partial charge in [-0.15, -0.1) is 6.58 Å². The van der Waals surface area contributed by atoms with Crippen molar-refractivity contribution < 1.29 is 5.11 Å². The summed E-state index contributed by atoms with van der Waals surface area (Å²) < 4.78 is 0. The van der Waals surface area contributed by atoms with E-state index < -0.39 is 0 Å². The van der Waals surface area contributed by atoms with E-state index in [0.29, 0.717) is 5.75 Å². The predicted octanol–water partition coefficient (Wildman–Crippen LogP) is 2.12. The van der Waals surface area contributed by atoms with Crippen LogP contribution >= 0.6 is 0 Å². The normalized spacial score (nSPS) is 9.20. The molecule has 0 radical (unpaired) electrons. The van der Waals surface area contributed by atoms with Crippen molar-refractivity contribution in [1.29, 1.82) is 0 Å². The molecule has 0 aliphatic rings. The summed E-state index contributed by atoms with van der Waals surface area (Å²) in [7, 11) is 0. The Labute approximate surface area is 60.6 Å². The van der Waals surface area contributed by atoms with Crippen LogP contribution in [0.15, 0.2) is 36.9 Å². The fourth-order valence-corrected chi connectivity index (χ4v) is 0.839. The van der Waals surface area contributed by atoms with E-state index in [-0.39, 0.29) is 0 Å².